The second-order valence-electron chi connectivity index (χ2n) is 5.60. The van der Waals surface area contributed by atoms with E-state index in [1.807, 2.05) is 20.8 Å². The van der Waals surface area contributed by atoms with E-state index in [-0.39, 0.29) is 5.25 Å². The second kappa shape index (κ2) is 9.10. The molecular weight excluding hydrogens is 358 g/mol. The van der Waals surface area contributed by atoms with Crippen LogP contribution in [0.25, 0.3) is 0 Å². The fraction of sp³-hybridized carbons (Fsp3) is 0.438. The van der Waals surface area contributed by atoms with Gasteiger partial charge >= 0.3 is 6.18 Å². The molecule has 0 radical (unpaired) electrons. The van der Waals surface area contributed by atoms with Crippen LogP contribution in [0.2, 0.25) is 0 Å². The van der Waals surface area contributed by atoms with E-state index < -0.39 is 30.0 Å². The molecular formula is C16H21F4N3OS. The van der Waals surface area contributed by atoms with Crippen LogP contribution in [0, 0.1) is 0 Å². The van der Waals surface area contributed by atoms with E-state index in [1.54, 1.807) is 36.0 Å². The average molecular weight is 379 g/mol. The molecule has 0 aromatic heterocycles. The number of hydrogen-bond donors (Lipinski definition) is 3. The summed E-state index contributed by atoms with van der Waals surface area (Å²) in [4.78, 5) is 12.2. The van der Waals surface area contributed by atoms with Crippen molar-refractivity contribution in [3.8, 4) is 0 Å². The monoisotopic (exact) mass is 379 g/mol. The third-order valence-corrected chi connectivity index (χ3v) is 4.37. The predicted octanol–water partition coefficient (Wildman–Crippen LogP) is 4.42. The largest absolute Gasteiger partial charge is 0.393 e. The fourth-order valence-electron chi connectivity index (χ4n) is 2.19. The van der Waals surface area contributed by atoms with E-state index in [0.717, 1.165) is 5.56 Å². The highest BCUT2D eigenvalue weighted by Crippen LogP contribution is 2.36. The SMILES string of the molecule is CC(C)SC(C)c1ccccc1NC(=O)/C(CC(F)(F)F)=C(\F)NN. The Morgan fingerprint density at radius 3 is 2.36 bits per heavy atom. The van der Waals surface area contributed by atoms with Crippen LogP contribution in [-0.2, 0) is 4.79 Å². The maximum absolute atomic E-state index is 13.6. The van der Waals surface area contributed by atoms with Crippen LogP contribution >= 0.6 is 11.8 Å². The lowest BCUT2D eigenvalue weighted by Crippen LogP contribution is -2.27. The van der Waals surface area contributed by atoms with Gasteiger partial charge in [-0.15, -0.1) is 0 Å². The minimum Gasteiger partial charge on any atom is -0.322 e. The summed E-state index contributed by atoms with van der Waals surface area (Å²) < 4.78 is 51.4. The van der Waals surface area contributed by atoms with Crippen LogP contribution in [0.3, 0.4) is 0 Å². The highest BCUT2D eigenvalue weighted by molar-refractivity contribution is 8.00. The van der Waals surface area contributed by atoms with Gasteiger partial charge in [-0.1, -0.05) is 32.0 Å². The molecule has 0 fully saturated rings. The molecule has 4 N–H and O–H groups in total. The molecule has 0 aliphatic carbocycles. The van der Waals surface area contributed by atoms with Gasteiger partial charge in [-0.2, -0.15) is 29.3 Å². The number of hydrazine groups is 1. The number of nitrogens with two attached hydrogens (primary N) is 1. The minimum atomic E-state index is -4.75. The first-order chi connectivity index (χ1) is 11.5. The Balaban J connectivity index is 3.10. The highest BCUT2D eigenvalue weighted by Gasteiger charge is 2.34. The molecule has 0 spiro atoms. The van der Waals surface area contributed by atoms with Crippen molar-refractivity contribution >= 4 is 23.4 Å². The summed E-state index contributed by atoms with van der Waals surface area (Å²) in [7, 11) is 0. The van der Waals surface area contributed by atoms with E-state index in [1.165, 1.54) is 5.43 Å². The van der Waals surface area contributed by atoms with Crippen LogP contribution in [0.4, 0.5) is 23.2 Å². The summed E-state index contributed by atoms with van der Waals surface area (Å²) in [6.07, 6.45) is -6.48. The lowest BCUT2D eigenvalue weighted by Gasteiger charge is -2.19. The summed E-state index contributed by atoms with van der Waals surface area (Å²) in [5, 5.41) is 2.66. The first-order valence-electron chi connectivity index (χ1n) is 7.53. The molecule has 1 aromatic carbocycles. The lowest BCUT2D eigenvalue weighted by atomic mass is 10.1. The van der Waals surface area contributed by atoms with Crippen molar-refractivity contribution in [3.05, 3.63) is 41.4 Å². The van der Waals surface area contributed by atoms with Crippen LogP contribution in [0.15, 0.2) is 35.8 Å². The fourth-order valence-corrected chi connectivity index (χ4v) is 3.36. The van der Waals surface area contributed by atoms with Gasteiger partial charge in [0.05, 0.1) is 12.0 Å². The summed E-state index contributed by atoms with van der Waals surface area (Å²) in [6.45, 7) is 5.94. The Morgan fingerprint density at radius 2 is 1.84 bits per heavy atom. The van der Waals surface area contributed by atoms with Crippen molar-refractivity contribution < 1.29 is 22.4 Å². The van der Waals surface area contributed by atoms with Gasteiger partial charge in [0.2, 0.25) is 5.95 Å². The number of halogens is 4. The Hall–Kier alpha value is -1.74. The molecule has 0 heterocycles. The number of amides is 1. The normalized spacial score (nSPS) is 14.1. The molecule has 4 nitrogen and oxygen atoms in total. The van der Waals surface area contributed by atoms with Crippen LogP contribution in [-0.4, -0.2) is 17.3 Å². The molecule has 0 saturated carbocycles. The number of carbonyl (C=O) groups excluding carboxylic acids is 1. The maximum Gasteiger partial charge on any atom is 0.393 e. The van der Waals surface area contributed by atoms with Gasteiger partial charge in [-0.25, -0.2) is 5.84 Å². The number of rotatable bonds is 7. The third kappa shape index (κ3) is 6.95. The van der Waals surface area contributed by atoms with Gasteiger partial charge in [-0.05, 0) is 23.8 Å². The highest BCUT2D eigenvalue weighted by atomic mass is 32.2. The van der Waals surface area contributed by atoms with E-state index >= 15 is 0 Å². The number of hydrogen-bond acceptors (Lipinski definition) is 4. The summed E-state index contributed by atoms with van der Waals surface area (Å²) >= 11 is 1.63. The molecule has 140 valence electrons. The van der Waals surface area contributed by atoms with E-state index in [2.05, 4.69) is 5.32 Å². The number of benzene rings is 1. The number of thioether (sulfide) groups is 1. The average Bonchev–Trinajstić information content (AvgIpc) is 2.50. The van der Waals surface area contributed by atoms with Gasteiger partial charge in [0.15, 0.2) is 0 Å². The minimum absolute atomic E-state index is 0.0102. The molecule has 1 atom stereocenters. The molecule has 1 amide bonds. The molecule has 1 rings (SSSR count). The number of nitrogens with one attached hydrogen (secondary N) is 2. The van der Waals surface area contributed by atoms with E-state index in [9.17, 15) is 22.4 Å². The molecule has 25 heavy (non-hydrogen) atoms. The predicted molar refractivity (Wildman–Crippen MR) is 92.3 cm³/mol. The van der Waals surface area contributed by atoms with Gasteiger partial charge in [0, 0.05) is 10.9 Å². The standard InChI is InChI=1S/C16H21F4N3OS/c1-9(2)25-10(3)11-6-4-5-7-13(11)22-15(24)12(14(17)23-21)8-16(18,19)20/h4-7,9-10,23H,8,21H2,1-3H3,(H,22,24)/b14-12+. The lowest BCUT2D eigenvalue weighted by molar-refractivity contribution is -0.133. The van der Waals surface area contributed by atoms with Crippen LogP contribution < -0.4 is 16.6 Å². The van der Waals surface area contributed by atoms with Crippen LogP contribution in [0.5, 0.6) is 0 Å². The topological polar surface area (TPSA) is 67.2 Å². The first kappa shape index (κ1) is 21.3. The third-order valence-electron chi connectivity index (χ3n) is 3.17. The van der Waals surface area contributed by atoms with Gasteiger partial charge in [-0.3, -0.25) is 10.2 Å². The molecule has 0 aliphatic heterocycles. The molecule has 9 heteroatoms. The van der Waals surface area contributed by atoms with Gasteiger partial charge in [0.1, 0.15) is 0 Å². The second-order valence-corrected chi connectivity index (χ2v) is 7.52. The Labute approximate surface area is 148 Å². The molecule has 0 bridgehead atoms. The zero-order chi connectivity index (χ0) is 19.2. The molecule has 1 aromatic rings. The number of alkyl halides is 3. The maximum atomic E-state index is 13.6. The Morgan fingerprint density at radius 1 is 1.24 bits per heavy atom. The van der Waals surface area contributed by atoms with Crippen molar-refractivity contribution in [2.24, 2.45) is 5.84 Å². The van der Waals surface area contributed by atoms with Gasteiger partial charge in [0.25, 0.3) is 5.91 Å². The van der Waals surface area contributed by atoms with Crippen molar-refractivity contribution in [2.45, 2.75) is 43.9 Å². The zero-order valence-electron chi connectivity index (χ0n) is 14.1. The Bertz CT molecular complexity index is 632. The van der Waals surface area contributed by atoms with Crippen LogP contribution in [0.1, 0.15) is 38.0 Å². The molecule has 1 unspecified atom stereocenters. The zero-order valence-corrected chi connectivity index (χ0v) is 14.9. The van der Waals surface area contributed by atoms with Crippen molar-refractivity contribution in [1.82, 2.24) is 5.43 Å². The van der Waals surface area contributed by atoms with Gasteiger partial charge < -0.3 is 5.32 Å². The number of para-hydroxylation sites is 1. The summed E-state index contributed by atoms with van der Waals surface area (Å²) in [5.74, 6) is 2.11. The summed E-state index contributed by atoms with van der Waals surface area (Å²) in [5.41, 5.74) is 1.43. The van der Waals surface area contributed by atoms with E-state index in [4.69, 9.17) is 5.84 Å². The van der Waals surface area contributed by atoms with Crippen molar-refractivity contribution in [2.75, 3.05) is 5.32 Å². The molecule has 0 aliphatic rings. The molecule has 0 saturated heterocycles. The smallest absolute Gasteiger partial charge is 0.322 e. The quantitative estimate of drug-likeness (QED) is 0.216. The summed E-state index contributed by atoms with van der Waals surface area (Å²) in [6, 6.07) is 6.72. The number of carbonyl (C=O) groups is 1. The van der Waals surface area contributed by atoms with Crippen molar-refractivity contribution in [3.63, 3.8) is 0 Å². The van der Waals surface area contributed by atoms with Crippen molar-refractivity contribution in [1.29, 1.82) is 0 Å². The first-order valence-corrected chi connectivity index (χ1v) is 8.47. The number of anilines is 1. The Kier molecular flexibility index (Phi) is 7.75. The van der Waals surface area contributed by atoms with E-state index in [0.29, 0.717) is 10.9 Å².